The molecular weight excluding hydrogens is 184 g/mol. The maximum atomic E-state index is 2.82. The quantitative estimate of drug-likeness (QED) is 0.643. The minimum absolute atomic E-state index is 0.560. The fourth-order valence-electron chi connectivity index (χ4n) is 4.11. The molecule has 2 nitrogen and oxygen atoms in total. The van der Waals surface area contributed by atoms with Crippen LogP contribution >= 0.6 is 0 Å². The Balaban J connectivity index is 1.80. The predicted molar refractivity (Wildman–Crippen MR) is 62.8 cm³/mol. The summed E-state index contributed by atoms with van der Waals surface area (Å²) in [6.07, 6.45) is 10.0. The van der Waals surface area contributed by atoms with E-state index in [4.69, 9.17) is 0 Å². The van der Waals surface area contributed by atoms with Gasteiger partial charge in [-0.1, -0.05) is 26.2 Å². The van der Waals surface area contributed by atoms with Crippen molar-refractivity contribution in [3.63, 3.8) is 0 Å². The Morgan fingerprint density at radius 1 is 1.07 bits per heavy atom. The van der Waals surface area contributed by atoms with Crippen molar-refractivity contribution in [1.82, 2.24) is 9.80 Å². The molecule has 15 heavy (non-hydrogen) atoms. The van der Waals surface area contributed by atoms with Gasteiger partial charge in [-0.15, -0.1) is 0 Å². The molecular formula is C13H24N2. The number of nitrogens with zero attached hydrogens (tertiary/aromatic N) is 2. The normalized spacial score (nSPS) is 45.4. The molecule has 0 radical (unpaired) electrons. The average Bonchev–Trinajstić information content (AvgIpc) is 2.93. The van der Waals surface area contributed by atoms with E-state index in [-0.39, 0.29) is 0 Å². The second-order valence-electron chi connectivity index (χ2n) is 5.53. The molecule has 2 heteroatoms. The first kappa shape index (κ1) is 10.1. The molecule has 0 saturated carbocycles. The number of hydrogen-bond donors (Lipinski definition) is 0. The van der Waals surface area contributed by atoms with Crippen molar-refractivity contribution in [2.24, 2.45) is 0 Å². The van der Waals surface area contributed by atoms with Gasteiger partial charge in [-0.2, -0.15) is 0 Å². The van der Waals surface area contributed by atoms with E-state index < -0.39 is 0 Å². The molecule has 0 aromatic heterocycles. The van der Waals surface area contributed by atoms with Gasteiger partial charge in [0.2, 0.25) is 0 Å². The van der Waals surface area contributed by atoms with Gasteiger partial charge < -0.3 is 0 Å². The Kier molecular flexibility index (Phi) is 2.52. The van der Waals surface area contributed by atoms with Crippen molar-refractivity contribution in [2.45, 2.75) is 63.6 Å². The molecule has 0 bridgehead atoms. The molecule has 0 N–H and O–H groups in total. The van der Waals surface area contributed by atoms with Crippen LogP contribution < -0.4 is 0 Å². The molecule has 3 atom stereocenters. The monoisotopic (exact) mass is 208 g/mol. The van der Waals surface area contributed by atoms with Crippen LogP contribution in [0.15, 0.2) is 0 Å². The van der Waals surface area contributed by atoms with E-state index in [1.165, 1.54) is 64.6 Å². The molecule has 3 fully saturated rings. The zero-order valence-corrected chi connectivity index (χ0v) is 10.0. The lowest BCUT2D eigenvalue weighted by Crippen LogP contribution is -2.46. The fourth-order valence-corrected chi connectivity index (χ4v) is 4.11. The summed E-state index contributed by atoms with van der Waals surface area (Å²) in [5, 5.41) is 0. The van der Waals surface area contributed by atoms with Crippen molar-refractivity contribution in [3.8, 4) is 0 Å². The van der Waals surface area contributed by atoms with Crippen molar-refractivity contribution in [1.29, 1.82) is 0 Å². The van der Waals surface area contributed by atoms with Gasteiger partial charge in [-0.3, -0.25) is 9.80 Å². The highest BCUT2D eigenvalue weighted by atomic mass is 15.6. The first-order valence-electron chi connectivity index (χ1n) is 6.91. The molecule has 0 aromatic rings. The van der Waals surface area contributed by atoms with Crippen molar-refractivity contribution < 1.29 is 0 Å². The van der Waals surface area contributed by atoms with Crippen LogP contribution in [-0.4, -0.2) is 41.1 Å². The third-order valence-corrected chi connectivity index (χ3v) is 4.75. The first-order valence-corrected chi connectivity index (χ1v) is 6.91. The van der Waals surface area contributed by atoms with Gasteiger partial charge in [0.1, 0.15) is 0 Å². The Morgan fingerprint density at radius 2 is 1.93 bits per heavy atom. The predicted octanol–water partition coefficient (Wildman–Crippen LogP) is 2.45. The minimum Gasteiger partial charge on any atom is -0.284 e. The van der Waals surface area contributed by atoms with Crippen LogP contribution in [0.5, 0.6) is 0 Å². The van der Waals surface area contributed by atoms with E-state index in [9.17, 15) is 0 Å². The average molecular weight is 208 g/mol. The highest BCUT2D eigenvalue weighted by Gasteiger charge is 2.65. The van der Waals surface area contributed by atoms with Crippen LogP contribution in [0.2, 0.25) is 0 Å². The Hall–Kier alpha value is -0.0800. The number of rotatable bonds is 2. The van der Waals surface area contributed by atoms with E-state index in [0.29, 0.717) is 5.66 Å². The first-order chi connectivity index (χ1) is 7.39. The molecule has 3 heterocycles. The topological polar surface area (TPSA) is 6.25 Å². The van der Waals surface area contributed by atoms with Gasteiger partial charge in [0, 0.05) is 19.1 Å². The lowest BCUT2D eigenvalue weighted by molar-refractivity contribution is 0.0900. The maximum absolute atomic E-state index is 2.82. The summed E-state index contributed by atoms with van der Waals surface area (Å²) in [4.78, 5) is 5.63. The van der Waals surface area contributed by atoms with Gasteiger partial charge in [0.25, 0.3) is 0 Å². The van der Waals surface area contributed by atoms with Crippen LogP contribution in [0.4, 0.5) is 0 Å². The summed E-state index contributed by atoms with van der Waals surface area (Å²) in [6, 6.07) is 0.920. The number of hydrogen-bond acceptors (Lipinski definition) is 2. The largest absolute Gasteiger partial charge is 0.284 e. The molecule has 0 aromatic carbocycles. The second-order valence-corrected chi connectivity index (χ2v) is 5.53. The van der Waals surface area contributed by atoms with Crippen LogP contribution in [0, 0.1) is 0 Å². The Bertz CT molecular complexity index is 241. The molecule has 0 amide bonds. The third kappa shape index (κ3) is 1.38. The van der Waals surface area contributed by atoms with Crippen molar-refractivity contribution >= 4 is 0 Å². The van der Waals surface area contributed by atoms with Gasteiger partial charge in [0.15, 0.2) is 0 Å². The summed E-state index contributed by atoms with van der Waals surface area (Å²) in [6.45, 7) is 6.46. The standard InChI is InChI=1S/C13H24N2/c1-2-7-12-13-8-4-3-5-9-14(13)10-6-11-15(12)13/h12H,2-11H2,1H3. The molecule has 1 spiro atoms. The third-order valence-electron chi connectivity index (χ3n) is 4.75. The summed E-state index contributed by atoms with van der Waals surface area (Å²) < 4.78 is 0. The minimum atomic E-state index is 0.560. The Morgan fingerprint density at radius 3 is 2.80 bits per heavy atom. The Labute approximate surface area is 93.6 Å². The summed E-state index contributed by atoms with van der Waals surface area (Å²) >= 11 is 0. The fraction of sp³-hybridized carbons (Fsp3) is 1.00. The smallest absolute Gasteiger partial charge is 0.0901 e. The van der Waals surface area contributed by atoms with Crippen molar-refractivity contribution in [2.75, 3.05) is 19.6 Å². The molecule has 3 rings (SSSR count). The lowest BCUT2D eigenvalue weighted by atomic mass is 10.0. The van der Waals surface area contributed by atoms with E-state index in [0.717, 1.165) is 6.04 Å². The lowest BCUT2D eigenvalue weighted by Gasteiger charge is -2.34. The highest BCUT2D eigenvalue weighted by Crippen LogP contribution is 2.53. The summed E-state index contributed by atoms with van der Waals surface area (Å²) in [5.74, 6) is 0. The summed E-state index contributed by atoms with van der Waals surface area (Å²) in [7, 11) is 0. The molecule has 0 aliphatic carbocycles. The van der Waals surface area contributed by atoms with Gasteiger partial charge in [-0.25, -0.2) is 0 Å². The molecule has 3 unspecified atom stereocenters. The van der Waals surface area contributed by atoms with Crippen LogP contribution in [0.25, 0.3) is 0 Å². The van der Waals surface area contributed by atoms with Crippen molar-refractivity contribution in [3.05, 3.63) is 0 Å². The van der Waals surface area contributed by atoms with Crippen LogP contribution in [0.3, 0.4) is 0 Å². The van der Waals surface area contributed by atoms with E-state index in [2.05, 4.69) is 16.7 Å². The highest BCUT2D eigenvalue weighted by molar-refractivity contribution is 5.17. The van der Waals surface area contributed by atoms with Gasteiger partial charge in [0.05, 0.1) is 5.66 Å². The van der Waals surface area contributed by atoms with Gasteiger partial charge in [-0.05, 0) is 32.2 Å². The SMILES string of the molecule is CCCC1N2CCCN3CCCCCC132. The van der Waals surface area contributed by atoms with E-state index in [1.807, 2.05) is 0 Å². The second kappa shape index (κ2) is 3.74. The zero-order chi connectivity index (χ0) is 10.3. The molecule has 3 aliphatic rings. The zero-order valence-electron chi connectivity index (χ0n) is 10.0. The molecule has 3 saturated heterocycles. The van der Waals surface area contributed by atoms with Crippen LogP contribution in [0.1, 0.15) is 51.9 Å². The molecule has 3 aliphatic heterocycles. The van der Waals surface area contributed by atoms with Crippen LogP contribution in [-0.2, 0) is 0 Å². The van der Waals surface area contributed by atoms with E-state index in [1.54, 1.807) is 0 Å². The summed E-state index contributed by atoms with van der Waals surface area (Å²) in [5.41, 5.74) is 0.560. The maximum Gasteiger partial charge on any atom is 0.0901 e. The molecule has 86 valence electrons. The van der Waals surface area contributed by atoms with E-state index >= 15 is 0 Å². The van der Waals surface area contributed by atoms with Gasteiger partial charge >= 0.3 is 0 Å².